The second-order valence-corrected chi connectivity index (χ2v) is 18.0. The van der Waals surface area contributed by atoms with Crippen molar-refractivity contribution in [3.05, 3.63) is 12.2 Å². The van der Waals surface area contributed by atoms with Gasteiger partial charge in [-0.05, 0) is 38.5 Å². The van der Waals surface area contributed by atoms with Gasteiger partial charge >= 0.3 is 0 Å². The molecule has 7 atom stereocenters. The largest absolute Gasteiger partial charge is 0.394 e. The maximum absolute atomic E-state index is 13.0. The van der Waals surface area contributed by atoms with Crippen LogP contribution >= 0.6 is 0 Å². The van der Waals surface area contributed by atoms with E-state index in [0.29, 0.717) is 12.8 Å². The molecule has 1 aliphatic heterocycles. The summed E-state index contributed by atoms with van der Waals surface area (Å²) in [5.41, 5.74) is 0. The van der Waals surface area contributed by atoms with Gasteiger partial charge < -0.3 is 40.3 Å². The first-order chi connectivity index (χ1) is 28.8. The third-order valence-corrected chi connectivity index (χ3v) is 12.4. The second kappa shape index (κ2) is 41.0. The van der Waals surface area contributed by atoms with Crippen LogP contribution in [0.1, 0.15) is 245 Å². The number of ether oxygens (including phenoxy) is 2. The monoisotopic (exact) mass is 840 g/mol. The van der Waals surface area contributed by atoms with E-state index in [4.69, 9.17) is 9.47 Å². The fraction of sp³-hybridized carbons (Fsp3) is 0.940. The van der Waals surface area contributed by atoms with E-state index in [0.717, 1.165) is 38.5 Å². The quantitative estimate of drug-likeness (QED) is 0.0263. The van der Waals surface area contributed by atoms with Crippen molar-refractivity contribution >= 4 is 5.91 Å². The summed E-state index contributed by atoms with van der Waals surface area (Å²) in [6, 6.07) is -0.717. The van der Waals surface area contributed by atoms with E-state index in [-0.39, 0.29) is 12.5 Å². The molecule has 1 heterocycles. The number of rotatable bonds is 43. The van der Waals surface area contributed by atoms with E-state index in [1.54, 1.807) is 0 Å². The highest BCUT2D eigenvalue weighted by Crippen LogP contribution is 2.23. The summed E-state index contributed by atoms with van der Waals surface area (Å²) in [5, 5.41) is 54.4. The standard InChI is InChI=1S/C50H97NO8/c1-3-5-7-9-11-13-15-17-19-20-21-22-23-24-25-26-28-30-32-34-36-38-40-46(54)51-43(42-58-50-49(57)48(56)47(55)45(41-52)59-50)44(53)39-37-35-33-31-29-27-18-16-14-12-10-8-6-4-2/h23-24,43-45,47-50,52-53,55-57H,3-22,25-42H2,1-2H3,(H,51,54)/b24-23-. The Labute approximate surface area is 363 Å². The molecular formula is C50H97NO8. The highest BCUT2D eigenvalue weighted by Gasteiger charge is 2.44. The molecule has 9 heteroatoms. The van der Waals surface area contributed by atoms with E-state index >= 15 is 0 Å². The summed E-state index contributed by atoms with van der Waals surface area (Å²) in [6.07, 6.45) is 40.8. The second-order valence-electron chi connectivity index (χ2n) is 18.0. The lowest BCUT2D eigenvalue weighted by atomic mass is 9.99. The number of aliphatic hydroxyl groups is 5. The molecule has 350 valence electrons. The molecule has 1 saturated heterocycles. The molecule has 9 nitrogen and oxygen atoms in total. The van der Waals surface area contributed by atoms with Gasteiger partial charge in [0.1, 0.15) is 24.4 Å². The van der Waals surface area contributed by atoms with Crippen LogP contribution in [0.15, 0.2) is 12.2 Å². The summed E-state index contributed by atoms with van der Waals surface area (Å²) >= 11 is 0. The first-order valence-electron chi connectivity index (χ1n) is 25.4. The van der Waals surface area contributed by atoms with Crippen LogP contribution in [0.4, 0.5) is 0 Å². The topological polar surface area (TPSA) is 149 Å². The molecule has 0 spiro atoms. The Bertz CT molecular complexity index is 935. The third kappa shape index (κ3) is 31.4. The van der Waals surface area contributed by atoms with E-state index in [1.165, 1.54) is 180 Å². The molecule has 0 saturated carbocycles. The molecular weight excluding hydrogens is 743 g/mol. The molecule has 1 rings (SSSR count). The minimum Gasteiger partial charge on any atom is -0.394 e. The van der Waals surface area contributed by atoms with Crippen molar-refractivity contribution < 1.29 is 39.8 Å². The van der Waals surface area contributed by atoms with Gasteiger partial charge in [0.25, 0.3) is 0 Å². The van der Waals surface area contributed by atoms with Crippen molar-refractivity contribution in [2.75, 3.05) is 13.2 Å². The molecule has 1 amide bonds. The van der Waals surface area contributed by atoms with Gasteiger partial charge in [0.05, 0.1) is 25.4 Å². The number of amides is 1. The maximum atomic E-state index is 13.0. The lowest BCUT2D eigenvalue weighted by molar-refractivity contribution is -0.302. The summed E-state index contributed by atoms with van der Waals surface area (Å²) in [5.74, 6) is -0.146. The van der Waals surface area contributed by atoms with Gasteiger partial charge in [0.15, 0.2) is 6.29 Å². The Balaban J connectivity index is 2.25. The van der Waals surface area contributed by atoms with Crippen molar-refractivity contribution in [1.82, 2.24) is 5.32 Å². The number of nitrogens with one attached hydrogen (secondary N) is 1. The Hall–Kier alpha value is -1.07. The maximum Gasteiger partial charge on any atom is 0.220 e. The predicted molar refractivity (Wildman–Crippen MR) is 244 cm³/mol. The molecule has 0 aromatic heterocycles. The van der Waals surface area contributed by atoms with Gasteiger partial charge in [-0.15, -0.1) is 0 Å². The molecule has 7 unspecified atom stereocenters. The van der Waals surface area contributed by atoms with Crippen molar-refractivity contribution in [2.24, 2.45) is 0 Å². The summed E-state index contributed by atoms with van der Waals surface area (Å²) in [7, 11) is 0. The van der Waals surface area contributed by atoms with Gasteiger partial charge in [-0.2, -0.15) is 0 Å². The van der Waals surface area contributed by atoms with Crippen molar-refractivity contribution in [1.29, 1.82) is 0 Å². The summed E-state index contributed by atoms with van der Waals surface area (Å²) in [4.78, 5) is 13.0. The van der Waals surface area contributed by atoms with Crippen molar-refractivity contribution in [2.45, 2.75) is 288 Å². The zero-order chi connectivity index (χ0) is 43.0. The molecule has 6 N–H and O–H groups in total. The van der Waals surface area contributed by atoms with E-state index < -0.39 is 49.5 Å². The zero-order valence-corrected chi connectivity index (χ0v) is 38.5. The average Bonchev–Trinajstić information content (AvgIpc) is 3.23. The van der Waals surface area contributed by atoms with Crippen LogP contribution in [0.2, 0.25) is 0 Å². The lowest BCUT2D eigenvalue weighted by Gasteiger charge is -2.40. The first-order valence-corrected chi connectivity index (χ1v) is 25.4. The highest BCUT2D eigenvalue weighted by atomic mass is 16.7. The van der Waals surface area contributed by atoms with Crippen molar-refractivity contribution in [3.63, 3.8) is 0 Å². The lowest BCUT2D eigenvalue weighted by Crippen LogP contribution is -2.60. The SMILES string of the molecule is CCCCCCCCCCCCC/C=C\CCCCCCCCCC(=O)NC(COC1OC(CO)C(O)C(O)C1O)C(O)CCCCCCCCCCCCCCCC. The fourth-order valence-corrected chi connectivity index (χ4v) is 8.27. The van der Waals surface area contributed by atoms with Gasteiger partial charge in [-0.25, -0.2) is 0 Å². The molecule has 0 aromatic carbocycles. The fourth-order valence-electron chi connectivity index (χ4n) is 8.27. The van der Waals surface area contributed by atoms with Crippen LogP contribution in [0.25, 0.3) is 0 Å². The summed E-state index contributed by atoms with van der Waals surface area (Å²) in [6.45, 7) is 3.85. The van der Waals surface area contributed by atoms with Crippen LogP contribution in [-0.4, -0.2) is 87.5 Å². The molecule has 59 heavy (non-hydrogen) atoms. The smallest absolute Gasteiger partial charge is 0.220 e. The van der Waals surface area contributed by atoms with E-state index in [1.807, 2.05) is 0 Å². The van der Waals surface area contributed by atoms with Crippen LogP contribution in [0.5, 0.6) is 0 Å². The molecule has 1 aliphatic rings. The van der Waals surface area contributed by atoms with Gasteiger partial charge in [0, 0.05) is 6.42 Å². The van der Waals surface area contributed by atoms with E-state index in [9.17, 15) is 30.3 Å². The number of aliphatic hydroxyl groups excluding tert-OH is 5. The molecule has 0 bridgehead atoms. The number of carbonyl (C=O) groups excluding carboxylic acids is 1. The normalized spacial score (nSPS) is 20.7. The van der Waals surface area contributed by atoms with Crippen LogP contribution in [-0.2, 0) is 14.3 Å². The molecule has 1 fully saturated rings. The Morgan fingerprint density at radius 2 is 0.949 bits per heavy atom. The number of hydrogen-bond donors (Lipinski definition) is 6. The Morgan fingerprint density at radius 1 is 0.559 bits per heavy atom. The minimum absolute atomic E-state index is 0.136. The Kier molecular flexibility index (Phi) is 38.9. The van der Waals surface area contributed by atoms with Gasteiger partial charge in [-0.1, -0.05) is 212 Å². The Morgan fingerprint density at radius 3 is 1.37 bits per heavy atom. The predicted octanol–water partition coefficient (Wildman–Crippen LogP) is 11.3. The number of allylic oxidation sites excluding steroid dienone is 2. The highest BCUT2D eigenvalue weighted by molar-refractivity contribution is 5.76. The van der Waals surface area contributed by atoms with Crippen LogP contribution < -0.4 is 5.32 Å². The molecule has 0 aromatic rings. The zero-order valence-electron chi connectivity index (χ0n) is 38.5. The third-order valence-electron chi connectivity index (χ3n) is 12.4. The van der Waals surface area contributed by atoms with E-state index in [2.05, 4.69) is 31.3 Å². The van der Waals surface area contributed by atoms with Crippen molar-refractivity contribution in [3.8, 4) is 0 Å². The first kappa shape index (κ1) is 55.9. The number of hydrogen-bond acceptors (Lipinski definition) is 8. The van der Waals surface area contributed by atoms with Gasteiger partial charge in [0.2, 0.25) is 5.91 Å². The minimum atomic E-state index is -1.55. The molecule has 0 aliphatic carbocycles. The van der Waals surface area contributed by atoms with Crippen LogP contribution in [0.3, 0.4) is 0 Å². The number of carbonyl (C=O) groups is 1. The van der Waals surface area contributed by atoms with Crippen LogP contribution in [0, 0.1) is 0 Å². The molecule has 0 radical (unpaired) electrons. The summed E-state index contributed by atoms with van der Waals surface area (Å²) < 4.78 is 11.3. The average molecular weight is 840 g/mol. The number of unbranched alkanes of at least 4 members (excludes halogenated alkanes) is 31. The van der Waals surface area contributed by atoms with Gasteiger partial charge in [-0.3, -0.25) is 4.79 Å².